The predicted molar refractivity (Wildman–Crippen MR) is 76.8 cm³/mol. The van der Waals surface area contributed by atoms with Gasteiger partial charge in [-0.05, 0) is 35.6 Å². The summed E-state index contributed by atoms with van der Waals surface area (Å²) in [5.41, 5.74) is 0.990. The van der Waals surface area contributed by atoms with Gasteiger partial charge in [0.05, 0.1) is 5.56 Å². The number of rotatable bonds is 3. The van der Waals surface area contributed by atoms with Crippen molar-refractivity contribution >= 4 is 27.3 Å². The average molecular weight is 324 g/mol. The molecule has 0 fully saturated rings. The second-order valence-corrected chi connectivity index (χ2v) is 7.53. The van der Waals surface area contributed by atoms with E-state index in [0.29, 0.717) is 19.5 Å². The molecule has 0 spiro atoms. The Kier molecular flexibility index (Phi) is 3.52. The van der Waals surface area contributed by atoms with E-state index in [1.54, 1.807) is 11.3 Å². The molecule has 0 unspecified atom stereocenters. The maximum atomic E-state index is 12.5. The number of aromatic carboxylic acids is 1. The number of thiophene rings is 1. The van der Waals surface area contributed by atoms with Crippen LogP contribution in [-0.4, -0.2) is 35.3 Å². The maximum absolute atomic E-state index is 12.5. The van der Waals surface area contributed by atoms with E-state index in [4.69, 9.17) is 5.11 Å². The normalized spacial score (nSPS) is 15.6. The standard InChI is InChI=1S/C13H12N2O4S2/c16-13(17)9-1-2-12(14-7-9)21(18,19)15-5-3-11-10(8-15)4-6-20-11/h1-2,4,6-7H,3,5,8H2,(H,16,17). The summed E-state index contributed by atoms with van der Waals surface area (Å²) in [6, 6.07) is 4.42. The molecule has 8 heteroatoms. The van der Waals surface area contributed by atoms with Crippen molar-refractivity contribution in [2.45, 2.75) is 18.0 Å². The number of carboxylic acid groups (broad SMARTS) is 1. The third-order valence-corrected chi connectivity index (χ3v) is 6.14. The summed E-state index contributed by atoms with van der Waals surface area (Å²) >= 11 is 1.64. The third kappa shape index (κ3) is 2.57. The first-order valence-corrected chi connectivity index (χ1v) is 8.55. The molecule has 0 aliphatic carbocycles. The van der Waals surface area contributed by atoms with Crippen LogP contribution in [0.2, 0.25) is 0 Å². The van der Waals surface area contributed by atoms with E-state index >= 15 is 0 Å². The Bertz CT molecular complexity index is 781. The number of fused-ring (bicyclic) bond motifs is 1. The molecule has 0 amide bonds. The minimum atomic E-state index is -3.69. The Morgan fingerprint density at radius 3 is 2.81 bits per heavy atom. The molecule has 6 nitrogen and oxygen atoms in total. The minimum absolute atomic E-state index is 0.0345. The molecule has 1 aliphatic rings. The molecule has 0 radical (unpaired) electrons. The topological polar surface area (TPSA) is 87.6 Å². The van der Waals surface area contributed by atoms with E-state index in [0.717, 1.165) is 11.8 Å². The zero-order chi connectivity index (χ0) is 15.0. The van der Waals surface area contributed by atoms with Crippen LogP contribution >= 0.6 is 11.3 Å². The fraction of sp³-hybridized carbons (Fsp3) is 0.231. The molecule has 0 bridgehead atoms. The van der Waals surface area contributed by atoms with Crippen molar-refractivity contribution < 1.29 is 18.3 Å². The number of hydrogen-bond acceptors (Lipinski definition) is 5. The van der Waals surface area contributed by atoms with Gasteiger partial charge in [0.15, 0.2) is 5.03 Å². The first-order valence-electron chi connectivity index (χ1n) is 6.23. The van der Waals surface area contributed by atoms with Crippen molar-refractivity contribution in [3.05, 3.63) is 45.8 Å². The Balaban J connectivity index is 1.89. The van der Waals surface area contributed by atoms with Gasteiger partial charge in [-0.2, -0.15) is 4.31 Å². The fourth-order valence-electron chi connectivity index (χ4n) is 2.22. The van der Waals surface area contributed by atoms with Gasteiger partial charge in [-0.15, -0.1) is 11.3 Å². The van der Waals surface area contributed by atoms with Gasteiger partial charge in [0.1, 0.15) is 0 Å². The largest absolute Gasteiger partial charge is 0.478 e. The number of hydrogen-bond donors (Lipinski definition) is 1. The Hall–Kier alpha value is -1.77. The van der Waals surface area contributed by atoms with E-state index < -0.39 is 16.0 Å². The Morgan fingerprint density at radius 1 is 1.33 bits per heavy atom. The Morgan fingerprint density at radius 2 is 2.14 bits per heavy atom. The van der Waals surface area contributed by atoms with Gasteiger partial charge >= 0.3 is 5.97 Å². The quantitative estimate of drug-likeness (QED) is 0.926. The van der Waals surface area contributed by atoms with Gasteiger partial charge in [-0.25, -0.2) is 18.2 Å². The lowest BCUT2D eigenvalue weighted by Gasteiger charge is -2.25. The fourth-order valence-corrected chi connectivity index (χ4v) is 4.44. The van der Waals surface area contributed by atoms with Gasteiger partial charge in [-0.1, -0.05) is 0 Å². The molecule has 3 heterocycles. The third-order valence-electron chi connectivity index (χ3n) is 3.36. The number of pyridine rings is 1. The SMILES string of the molecule is O=C(O)c1ccc(S(=O)(=O)N2CCc3sccc3C2)nc1. The first kappa shape index (κ1) is 14.2. The van der Waals surface area contributed by atoms with Crippen molar-refractivity contribution in [1.82, 2.24) is 9.29 Å². The van der Waals surface area contributed by atoms with Crippen LogP contribution in [0.3, 0.4) is 0 Å². The second kappa shape index (κ2) is 5.21. The molecule has 2 aromatic heterocycles. The summed E-state index contributed by atoms with van der Waals surface area (Å²) in [5, 5.41) is 10.7. The second-order valence-electron chi connectivity index (χ2n) is 4.65. The van der Waals surface area contributed by atoms with Crippen LogP contribution < -0.4 is 0 Å². The van der Waals surface area contributed by atoms with Gasteiger partial charge in [0, 0.05) is 24.2 Å². The predicted octanol–water partition coefficient (Wildman–Crippen LogP) is 1.59. The highest BCUT2D eigenvalue weighted by molar-refractivity contribution is 7.89. The van der Waals surface area contributed by atoms with Crippen molar-refractivity contribution in [2.75, 3.05) is 6.54 Å². The van der Waals surface area contributed by atoms with E-state index in [9.17, 15) is 13.2 Å². The van der Waals surface area contributed by atoms with Crippen LogP contribution in [0.1, 0.15) is 20.8 Å². The van der Waals surface area contributed by atoms with E-state index in [1.807, 2.05) is 11.4 Å². The Labute approximate surface area is 125 Å². The van der Waals surface area contributed by atoms with Gasteiger partial charge in [-0.3, -0.25) is 0 Å². The number of carboxylic acids is 1. The molecule has 110 valence electrons. The highest BCUT2D eigenvalue weighted by Crippen LogP contribution is 2.27. The van der Waals surface area contributed by atoms with Gasteiger partial charge in [0.2, 0.25) is 0 Å². The van der Waals surface area contributed by atoms with Gasteiger partial charge < -0.3 is 5.11 Å². The molecule has 1 aliphatic heterocycles. The summed E-state index contributed by atoms with van der Waals surface area (Å²) < 4.78 is 26.4. The highest BCUT2D eigenvalue weighted by Gasteiger charge is 2.29. The monoisotopic (exact) mass is 324 g/mol. The maximum Gasteiger partial charge on any atom is 0.337 e. The molecule has 0 saturated heterocycles. The lowest BCUT2D eigenvalue weighted by atomic mass is 10.1. The molecule has 0 saturated carbocycles. The molecule has 0 aromatic carbocycles. The van der Waals surface area contributed by atoms with Crippen molar-refractivity contribution in [3.8, 4) is 0 Å². The molecule has 3 rings (SSSR count). The lowest BCUT2D eigenvalue weighted by Crippen LogP contribution is -2.35. The van der Waals surface area contributed by atoms with Crippen molar-refractivity contribution in [3.63, 3.8) is 0 Å². The molecule has 1 N–H and O–H groups in total. The summed E-state index contributed by atoms with van der Waals surface area (Å²) in [5.74, 6) is -1.13. The molecule has 0 atom stereocenters. The molecule has 2 aromatic rings. The molecule has 21 heavy (non-hydrogen) atoms. The van der Waals surface area contributed by atoms with E-state index in [1.165, 1.54) is 21.3 Å². The number of aromatic nitrogens is 1. The average Bonchev–Trinajstić information content (AvgIpc) is 2.94. The summed E-state index contributed by atoms with van der Waals surface area (Å²) in [7, 11) is -3.69. The van der Waals surface area contributed by atoms with E-state index in [-0.39, 0.29) is 10.6 Å². The van der Waals surface area contributed by atoms with Gasteiger partial charge in [0.25, 0.3) is 10.0 Å². The number of sulfonamides is 1. The van der Waals surface area contributed by atoms with Crippen molar-refractivity contribution in [1.29, 1.82) is 0 Å². The minimum Gasteiger partial charge on any atom is -0.478 e. The summed E-state index contributed by atoms with van der Waals surface area (Å²) in [6.45, 7) is 0.752. The number of carbonyl (C=O) groups is 1. The lowest BCUT2D eigenvalue weighted by molar-refractivity contribution is 0.0696. The summed E-state index contributed by atoms with van der Waals surface area (Å²) in [6.07, 6.45) is 1.76. The zero-order valence-electron chi connectivity index (χ0n) is 10.9. The highest BCUT2D eigenvalue weighted by atomic mass is 32.2. The summed E-state index contributed by atoms with van der Waals surface area (Å²) in [4.78, 5) is 15.8. The van der Waals surface area contributed by atoms with Crippen LogP contribution in [0, 0.1) is 0 Å². The van der Waals surface area contributed by atoms with Crippen LogP contribution in [0.4, 0.5) is 0 Å². The van der Waals surface area contributed by atoms with Crippen LogP contribution in [0.5, 0.6) is 0 Å². The van der Waals surface area contributed by atoms with Crippen molar-refractivity contribution in [2.24, 2.45) is 0 Å². The van der Waals surface area contributed by atoms with E-state index in [2.05, 4.69) is 4.98 Å². The van der Waals surface area contributed by atoms with Crippen LogP contribution in [-0.2, 0) is 23.0 Å². The zero-order valence-corrected chi connectivity index (χ0v) is 12.5. The molecular formula is C13H12N2O4S2. The first-order chi connectivity index (χ1) is 9.98. The number of nitrogens with zero attached hydrogens (tertiary/aromatic N) is 2. The van der Waals surface area contributed by atoms with Crippen LogP contribution in [0.25, 0.3) is 0 Å². The smallest absolute Gasteiger partial charge is 0.337 e. The molecular weight excluding hydrogens is 312 g/mol. The van der Waals surface area contributed by atoms with Crippen LogP contribution in [0.15, 0.2) is 34.8 Å².